The summed E-state index contributed by atoms with van der Waals surface area (Å²) in [5, 5.41) is 1.30. The third-order valence-electron chi connectivity index (χ3n) is 5.93. The van der Waals surface area contributed by atoms with E-state index in [1.807, 2.05) is 12.1 Å². The van der Waals surface area contributed by atoms with Gasteiger partial charge in [0.1, 0.15) is 0 Å². The molecule has 3 aromatic rings. The first-order valence-corrected chi connectivity index (χ1v) is 13.4. The van der Waals surface area contributed by atoms with Gasteiger partial charge in [0.25, 0.3) is 0 Å². The molecule has 5 rings (SSSR count). The van der Waals surface area contributed by atoms with Gasteiger partial charge in [-0.3, -0.25) is 4.79 Å². The summed E-state index contributed by atoms with van der Waals surface area (Å²) >= 11 is 7.37. The molecule has 2 aromatic carbocycles. The van der Waals surface area contributed by atoms with Crippen LogP contribution < -0.4 is 4.90 Å². The number of benzene rings is 2. The van der Waals surface area contributed by atoms with Gasteiger partial charge in [-0.15, -0.1) is 0 Å². The van der Waals surface area contributed by atoms with Crippen LogP contribution in [0.15, 0.2) is 46.5 Å². The lowest BCUT2D eigenvalue weighted by atomic mass is 10.0. The van der Waals surface area contributed by atoms with Gasteiger partial charge in [0.05, 0.1) is 21.7 Å². The molecule has 1 saturated heterocycles. The second-order valence-electron chi connectivity index (χ2n) is 8.04. The molecule has 0 aliphatic carbocycles. The predicted octanol–water partition coefficient (Wildman–Crippen LogP) is 4.07. The minimum Gasteiger partial charge on any atom is -0.333 e. The molecular weight excluding hydrogens is 468 g/mol. The van der Waals surface area contributed by atoms with E-state index in [1.54, 1.807) is 33.5 Å². The van der Waals surface area contributed by atoms with Crippen LogP contribution in [0.1, 0.15) is 24.8 Å². The van der Waals surface area contributed by atoms with Gasteiger partial charge >= 0.3 is 0 Å². The van der Waals surface area contributed by atoms with Crippen molar-refractivity contribution in [3.05, 3.63) is 47.0 Å². The van der Waals surface area contributed by atoms with E-state index < -0.39 is 10.0 Å². The largest absolute Gasteiger partial charge is 0.333 e. The van der Waals surface area contributed by atoms with E-state index >= 15 is 0 Å². The van der Waals surface area contributed by atoms with Gasteiger partial charge in [-0.25, -0.2) is 13.4 Å². The average Bonchev–Trinajstić information content (AvgIpc) is 3.46. The van der Waals surface area contributed by atoms with Gasteiger partial charge in [0.15, 0.2) is 5.16 Å². The lowest BCUT2D eigenvalue weighted by molar-refractivity contribution is -0.116. The van der Waals surface area contributed by atoms with Crippen molar-refractivity contribution in [1.82, 2.24) is 14.3 Å². The van der Waals surface area contributed by atoms with Crippen LogP contribution >= 0.6 is 23.4 Å². The number of sulfonamides is 1. The molecule has 0 spiro atoms. The van der Waals surface area contributed by atoms with Gasteiger partial charge < -0.3 is 9.88 Å². The zero-order valence-electron chi connectivity index (χ0n) is 17.4. The molecule has 1 N–H and O–H groups in total. The van der Waals surface area contributed by atoms with Crippen molar-refractivity contribution in [2.75, 3.05) is 30.3 Å². The molecule has 168 valence electrons. The summed E-state index contributed by atoms with van der Waals surface area (Å²) in [5.74, 6) is 0.213. The van der Waals surface area contributed by atoms with Crippen molar-refractivity contribution in [2.45, 2.75) is 35.7 Å². The van der Waals surface area contributed by atoms with E-state index in [9.17, 15) is 13.2 Å². The summed E-state index contributed by atoms with van der Waals surface area (Å²) < 4.78 is 27.4. The maximum Gasteiger partial charge on any atom is 0.243 e. The highest BCUT2D eigenvalue weighted by molar-refractivity contribution is 7.99. The number of thioether (sulfide) groups is 1. The molecule has 1 fully saturated rings. The van der Waals surface area contributed by atoms with Crippen LogP contribution in [0, 0.1) is 0 Å². The second kappa shape index (κ2) is 8.70. The number of hydrogen-bond acceptors (Lipinski definition) is 5. The average molecular weight is 491 g/mol. The molecule has 0 unspecified atom stereocenters. The predicted molar refractivity (Wildman–Crippen MR) is 127 cm³/mol. The van der Waals surface area contributed by atoms with Crippen molar-refractivity contribution < 1.29 is 13.2 Å². The third kappa shape index (κ3) is 4.14. The van der Waals surface area contributed by atoms with E-state index in [4.69, 9.17) is 11.6 Å². The van der Waals surface area contributed by atoms with Gasteiger partial charge in [-0.2, -0.15) is 4.31 Å². The van der Waals surface area contributed by atoms with Gasteiger partial charge in [0, 0.05) is 30.3 Å². The number of rotatable bonds is 5. The number of carbonyl (C=O) groups excluding carboxylic acids is 1. The Morgan fingerprint density at radius 2 is 1.91 bits per heavy atom. The van der Waals surface area contributed by atoms with Gasteiger partial charge in [-0.05, 0) is 67.6 Å². The lowest BCUT2D eigenvalue weighted by Crippen LogP contribution is -2.37. The summed E-state index contributed by atoms with van der Waals surface area (Å²) in [6.45, 7) is 1.78. The molecule has 1 amide bonds. The number of nitrogens with one attached hydrogen (secondary N) is 1. The maximum absolute atomic E-state index is 13.0. The first-order chi connectivity index (χ1) is 15.4. The molecule has 1 aromatic heterocycles. The summed E-state index contributed by atoms with van der Waals surface area (Å²) in [5.41, 5.74) is 3.36. The Bertz CT molecular complexity index is 1290. The number of imidazole rings is 1. The molecule has 7 nitrogen and oxygen atoms in total. The van der Waals surface area contributed by atoms with Crippen LogP contribution in [0.3, 0.4) is 0 Å². The fraction of sp³-hybridized carbons (Fsp3) is 0.364. The minimum atomic E-state index is -3.47. The topological polar surface area (TPSA) is 86.4 Å². The number of nitrogens with zero attached hydrogens (tertiary/aromatic N) is 3. The Morgan fingerprint density at radius 3 is 2.72 bits per heavy atom. The summed E-state index contributed by atoms with van der Waals surface area (Å²) in [4.78, 5) is 22.8. The first-order valence-electron chi connectivity index (χ1n) is 10.6. The molecule has 0 atom stereocenters. The number of hydrogen-bond donors (Lipinski definition) is 1. The third-order valence-corrected chi connectivity index (χ3v) is 8.92. The number of anilines is 1. The number of aryl methyl sites for hydroxylation is 1. The molecule has 3 heterocycles. The SMILES string of the molecule is O=C(CSc1nc2ccc(Cl)cc2[nH]1)N1CCCc2cc(S(=O)(=O)N3CCCC3)ccc21. The van der Waals surface area contributed by atoms with E-state index in [-0.39, 0.29) is 11.7 Å². The molecule has 2 aliphatic rings. The van der Waals surface area contributed by atoms with Crippen LogP contribution in [0.5, 0.6) is 0 Å². The molecule has 0 bridgehead atoms. The quantitative estimate of drug-likeness (QED) is 0.545. The number of aromatic nitrogens is 2. The minimum absolute atomic E-state index is 0.0235. The van der Waals surface area contributed by atoms with Gasteiger partial charge in [0.2, 0.25) is 15.9 Å². The first kappa shape index (κ1) is 21.8. The molecule has 2 aliphatic heterocycles. The van der Waals surface area contributed by atoms with Crippen molar-refractivity contribution in [3.8, 4) is 0 Å². The summed E-state index contributed by atoms with van der Waals surface area (Å²) in [6, 6.07) is 10.6. The van der Waals surface area contributed by atoms with Crippen molar-refractivity contribution in [3.63, 3.8) is 0 Å². The standard InChI is InChI=1S/C22H23ClN4O3S2/c23-16-5-7-18-19(13-16)25-22(24-18)31-14-21(28)27-11-3-4-15-12-17(6-8-20(15)27)32(29,30)26-9-1-2-10-26/h5-8,12-13H,1-4,9-11,14H2,(H,24,25). The Kier molecular flexibility index (Phi) is 5.92. The number of fused-ring (bicyclic) bond motifs is 2. The summed E-state index contributed by atoms with van der Waals surface area (Å²) in [7, 11) is -3.47. The number of amides is 1. The zero-order chi connectivity index (χ0) is 22.3. The van der Waals surface area contributed by atoms with Gasteiger partial charge in [-0.1, -0.05) is 23.4 Å². The highest BCUT2D eigenvalue weighted by Crippen LogP contribution is 2.32. The number of carbonyl (C=O) groups is 1. The zero-order valence-corrected chi connectivity index (χ0v) is 19.8. The van der Waals surface area contributed by atoms with Crippen LogP contribution in [0.4, 0.5) is 5.69 Å². The van der Waals surface area contributed by atoms with Crippen molar-refractivity contribution in [2.24, 2.45) is 0 Å². The smallest absolute Gasteiger partial charge is 0.243 e. The van der Waals surface area contributed by atoms with Crippen LogP contribution in [0.25, 0.3) is 11.0 Å². The highest BCUT2D eigenvalue weighted by Gasteiger charge is 2.29. The van der Waals surface area contributed by atoms with Crippen LogP contribution in [-0.2, 0) is 21.2 Å². The maximum atomic E-state index is 13.0. The molecule has 0 radical (unpaired) electrons. The van der Waals surface area contributed by atoms with Crippen molar-refractivity contribution >= 4 is 56.0 Å². The monoisotopic (exact) mass is 490 g/mol. The highest BCUT2D eigenvalue weighted by atomic mass is 35.5. The fourth-order valence-electron chi connectivity index (χ4n) is 4.31. The lowest BCUT2D eigenvalue weighted by Gasteiger charge is -2.30. The van der Waals surface area contributed by atoms with E-state index in [0.717, 1.165) is 48.0 Å². The summed E-state index contributed by atoms with van der Waals surface area (Å²) in [6.07, 6.45) is 3.38. The van der Waals surface area contributed by atoms with E-state index in [2.05, 4.69) is 9.97 Å². The van der Waals surface area contributed by atoms with Crippen molar-refractivity contribution in [1.29, 1.82) is 0 Å². The molecule has 0 saturated carbocycles. The van der Waals surface area contributed by atoms with Crippen LogP contribution in [0.2, 0.25) is 5.02 Å². The number of aromatic amines is 1. The molecule has 10 heteroatoms. The number of halogens is 1. The molecular formula is C22H23ClN4O3S2. The Hall–Kier alpha value is -2.07. The fourth-order valence-corrected chi connectivity index (χ4v) is 6.81. The normalized spacial score (nSPS) is 17.1. The Morgan fingerprint density at radius 1 is 1.09 bits per heavy atom. The van der Waals surface area contributed by atoms with E-state index in [0.29, 0.717) is 34.7 Å². The Labute approximate surface area is 196 Å². The number of H-pyrrole nitrogens is 1. The second-order valence-corrected chi connectivity index (χ2v) is 11.4. The van der Waals surface area contributed by atoms with Crippen LogP contribution in [-0.4, -0.2) is 54.0 Å². The Balaban J connectivity index is 1.32. The molecule has 32 heavy (non-hydrogen) atoms. The van der Waals surface area contributed by atoms with E-state index in [1.165, 1.54) is 11.8 Å².